The quantitative estimate of drug-likeness (QED) is 0.449. The normalized spacial score (nSPS) is 14.5. The number of aromatic nitrogens is 2. The number of fused-ring (bicyclic) bond motifs is 1. The molecule has 3 aromatic carbocycles. The van der Waals surface area contributed by atoms with Gasteiger partial charge in [-0.25, -0.2) is 4.98 Å². The average molecular weight is 450 g/mol. The van der Waals surface area contributed by atoms with Crippen LogP contribution in [0.2, 0.25) is 0 Å². The predicted molar refractivity (Wildman–Crippen MR) is 133 cm³/mol. The first kappa shape index (κ1) is 21.8. The number of hydrogen-bond acceptors (Lipinski definition) is 4. The molecule has 0 saturated carbocycles. The Bertz CT molecular complexity index is 1270. The number of amides is 1. The highest BCUT2D eigenvalue weighted by molar-refractivity contribution is 5.87. The van der Waals surface area contributed by atoms with Gasteiger partial charge in [-0.1, -0.05) is 72.8 Å². The second-order valence-electron chi connectivity index (χ2n) is 8.68. The monoisotopic (exact) mass is 449 g/mol. The van der Waals surface area contributed by atoms with Crippen LogP contribution in [0.5, 0.6) is 5.75 Å². The van der Waals surface area contributed by atoms with Crippen LogP contribution in [0, 0.1) is 13.8 Å². The zero-order valence-electron chi connectivity index (χ0n) is 19.4. The molecule has 5 nitrogen and oxygen atoms in total. The van der Waals surface area contributed by atoms with Gasteiger partial charge in [-0.15, -0.1) is 0 Å². The van der Waals surface area contributed by atoms with E-state index in [4.69, 9.17) is 9.72 Å². The third kappa shape index (κ3) is 4.42. The van der Waals surface area contributed by atoms with Gasteiger partial charge in [0, 0.05) is 18.2 Å². The first-order valence-electron chi connectivity index (χ1n) is 11.6. The second kappa shape index (κ2) is 9.48. The van der Waals surface area contributed by atoms with Crippen molar-refractivity contribution in [2.75, 3.05) is 6.54 Å². The number of benzene rings is 3. The average Bonchev–Trinajstić information content (AvgIpc) is 3.29. The zero-order chi connectivity index (χ0) is 23.5. The Morgan fingerprint density at radius 1 is 0.971 bits per heavy atom. The molecule has 1 amide bonds. The van der Waals surface area contributed by atoms with Gasteiger partial charge in [-0.2, -0.15) is 0 Å². The minimum atomic E-state index is -0.369. The molecule has 1 aliphatic rings. The van der Waals surface area contributed by atoms with Crippen molar-refractivity contribution in [1.29, 1.82) is 0 Å². The number of aryl methyl sites for hydroxylation is 2. The third-order valence-electron chi connectivity index (χ3n) is 6.19. The number of nitrogens with zero attached hydrogens (tertiary/aromatic N) is 2. The Hall–Kier alpha value is -3.99. The molecule has 0 bridgehead atoms. The fourth-order valence-corrected chi connectivity index (χ4v) is 4.53. The first-order chi connectivity index (χ1) is 16.6. The maximum Gasteiger partial charge on any atom is 0.232 e. The van der Waals surface area contributed by atoms with Gasteiger partial charge in [0.25, 0.3) is 0 Å². The molecule has 1 aromatic heterocycles. The lowest BCUT2D eigenvalue weighted by molar-refractivity contribution is -0.122. The van der Waals surface area contributed by atoms with E-state index in [1.54, 1.807) is 6.20 Å². The van der Waals surface area contributed by atoms with Crippen molar-refractivity contribution in [1.82, 2.24) is 15.3 Å². The van der Waals surface area contributed by atoms with Crippen LogP contribution in [-0.4, -0.2) is 28.5 Å². The molecular formula is C29H27N3O2. The van der Waals surface area contributed by atoms with Crippen molar-refractivity contribution < 1.29 is 9.53 Å². The van der Waals surface area contributed by atoms with Gasteiger partial charge in [0.2, 0.25) is 5.91 Å². The predicted octanol–water partition coefficient (Wildman–Crippen LogP) is 5.01. The molecule has 4 aromatic rings. The number of nitrogens with one attached hydrogen (secondary N) is 1. The van der Waals surface area contributed by atoms with Crippen molar-refractivity contribution in [2.24, 2.45) is 0 Å². The molecule has 5 heteroatoms. The van der Waals surface area contributed by atoms with Gasteiger partial charge in [0.15, 0.2) is 0 Å². The van der Waals surface area contributed by atoms with Crippen molar-refractivity contribution in [3.63, 3.8) is 0 Å². The van der Waals surface area contributed by atoms with E-state index >= 15 is 0 Å². The van der Waals surface area contributed by atoms with Crippen LogP contribution >= 0.6 is 0 Å². The van der Waals surface area contributed by atoms with Crippen LogP contribution < -0.4 is 10.1 Å². The Morgan fingerprint density at radius 2 is 1.65 bits per heavy atom. The zero-order valence-corrected chi connectivity index (χ0v) is 19.4. The molecule has 0 unspecified atom stereocenters. The van der Waals surface area contributed by atoms with E-state index in [1.165, 1.54) is 0 Å². The molecule has 1 N–H and O–H groups in total. The lowest BCUT2D eigenvalue weighted by Gasteiger charge is -2.20. The molecule has 0 spiro atoms. The number of carbonyl (C=O) groups is 1. The molecule has 5 rings (SSSR count). The van der Waals surface area contributed by atoms with Crippen LogP contribution in [0.25, 0.3) is 11.3 Å². The lowest BCUT2D eigenvalue weighted by atomic mass is 9.90. The fourth-order valence-electron chi connectivity index (χ4n) is 4.53. The maximum absolute atomic E-state index is 13.4. The second-order valence-corrected chi connectivity index (χ2v) is 8.68. The molecule has 170 valence electrons. The highest BCUT2D eigenvalue weighted by Crippen LogP contribution is 2.39. The van der Waals surface area contributed by atoms with E-state index in [9.17, 15) is 4.79 Å². The summed E-state index contributed by atoms with van der Waals surface area (Å²) in [7, 11) is 0. The maximum atomic E-state index is 13.4. The van der Waals surface area contributed by atoms with Crippen molar-refractivity contribution >= 4 is 5.91 Å². The molecular weight excluding hydrogens is 422 g/mol. The minimum Gasteiger partial charge on any atom is -0.487 e. The van der Waals surface area contributed by atoms with Gasteiger partial charge in [0.1, 0.15) is 11.9 Å². The van der Waals surface area contributed by atoms with E-state index < -0.39 is 0 Å². The van der Waals surface area contributed by atoms with Gasteiger partial charge in [0.05, 0.1) is 29.5 Å². The van der Waals surface area contributed by atoms with Gasteiger partial charge >= 0.3 is 0 Å². The highest BCUT2D eigenvalue weighted by atomic mass is 16.5. The summed E-state index contributed by atoms with van der Waals surface area (Å²) in [4.78, 5) is 22.5. The van der Waals surface area contributed by atoms with Crippen molar-refractivity contribution in [3.05, 3.63) is 113 Å². The third-order valence-corrected chi connectivity index (χ3v) is 6.19. The van der Waals surface area contributed by atoms with Gasteiger partial charge < -0.3 is 10.1 Å². The Morgan fingerprint density at radius 3 is 2.32 bits per heavy atom. The first-order valence-corrected chi connectivity index (χ1v) is 11.6. The van der Waals surface area contributed by atoms with Crippen LogP contribution in [0.1, 0.15) is 34.0 Å². The molecule has 1 atom stereocenters. The Balaban J connectivity index is 1.33. The molecule has 0 radical (unpaired) electrons. The summed E-state index contributed by atoms with van der Waals surface area (Å²) in [6, 6.07) is 25.9. The summed E-state index contributed by atoms with van der Waals surface area (Å²) in [6.07, 6.45) is 2.38. The molecule has 2 heterocycles. The number of ether oxygens (including phenoxy) is 1. The summed E-state index contributed by atoms with van der Waals surface area (Å²) in [5.41, 5.74) is 6.60. The van der Waals surface area contributed by atoms with E-state index in [0.29, 0.717) is 6.54 Å². The van der Waals surface area contributed by atoms with Gasteiger partial charge in [-0.05, 0) is 36.6 Å². The highest BCUT2D eigenvalue weighted by Gasteiger charge is 2.29. The fraction of sp³-hybridized carbons (Fsp3) is 0.207. The largest absolute Gasteiger partial charge is 0.487 e. The molecule has 1 aliphatic heterocycles. The molecule has 0 fully saturated rings. The number of carbonyl (C=O) groups excluding carboxylic acids is 1. The van der Waals surface area contributed by atoms with E-state index in [2.05, 4.69) is 16.4 Å². The summed E-state index contributed by atoms with van der Waals surface area (Å²) < 4.78 is 6.35. The van der Waals surface area contributed by atoms with Crippen molar-refractivity contribution in [2.45, 2.75) is 32.3 Å². The number of para-hydroxylation sites is 1. The summed E-state index contributed by atoms with van der Waals surface area (Å²) in [5, 5.41) is 3.14. The molecule has 34 heavy (non-hydrogen) atoms. The SMILES string of the molecule is Cc1cnc(C)c(-c2cccc3c2O[C@@H](CNC(=O)C(c2ccccc2)c2ccccc2)C3)n1. The van der Waals surface area contributed by atoms with Crippen LogP contribution in [0.3, 0.4) is 0 Å². The van der Waals surface area contributed by atoms with Crippen molar-refractivity contribution in [3.8, 4) is 17.0 Å². The summed E-state index contributed by atoms with van der Waals surface area (Å²) in [6.45, 7) is 4.33. The van der Waals surface area contributed by atoms with Crippen LogP contribution in [0.4, 0.5) is 0 Å². The summed E-state index contributed by atoms with van der Waals surface area (Å²) in [5.74, 6) is 0.442. The number of rotatable bonds is 6. The standard InChI is InChI=1S/C29H27N3O2/c1-19-17-30-20(2)27(32-19)25-15-9-14-23-16-24(34-28(23)25)18-31-29(33)26(21-10-5-3-6-11-21)22-12-7-4-8-13-22/h3-15,17,24,26H,16,18H2,1-2H3,(H,31,33)/t24-/m1/s1. The Kier molecular flexibility index (Phi) is 6.09. The van der Waals surface area contributed by atoms with Gasteiger partial charge in [-0.3, -0.25) is 9.78 Å². The molecule has 0 saturated heterocycles. The van der Waals surface area contributed by atoms with Crippen LogP contribution in [-0.2, 0) is 11.2 Å². The van der Waals surface area contributed by atoms with E-state index in [1.807, 2.05) is 86.6 Å². The summed E-state index contributed by atoms with van der Waals surface area (Å²) >= 11 is 0. The van der Waals surface area contributed by atoms with E-state index in [0.717, 1.165) is 51.5 Å². The topological polar surface area (TPSA) is 64.1 Å². The lowest BCUT2D eigenvalue weighted by Crippen LogP contribution is -2.37. The van der Waals surface area contributed by atoms with Crippen LogP contribution in [0.15, 0.2) is 85.1 Å². The smallest absolute Gasteiger partial charge is 0.232 e. The Labute approximate surface area is 199 Å². The number of hydrogen-bond donors (Lipinski definition) is 1. The minimum absolute atomic E-state index is 0.0300. The molecule has 0 aliphatic carbocycles. The van der Waals surface area contributed by atoms with E-state index in [-0.39, 0.29) is 17.9 Å².